The Bertz CT molecular complexity index is 69.6. The molecule has 0 aliphatic heterocycles. The number of rotatable bonds is 6. The third-order valence-corrected chi connectivity index (χ3v) is 0.995. The van der Waals surface area contributed by atoms with Gasteiger partial charge in [0.05, 0.1) is 13.2 Å². The third kappa shape index (κ3) is 9.92. The molecule has 1 radical (unpaired) electrons. The van der Waals surface area contributed by atoms with Crippen LogP contribution in [0.15, 0.2) is 0 Å². The number of ether oxygens (including phenoxy) is 2. The van der Waals surface area contributed by atoms with E-state index >= 15 is 0 Å². The highest BCUT2D eigenvalue weighted by Gasteiger charge is 1.96. The Morgan fingerprint density at radius 3 is 1.55 bits per heavy atom. The van der Waals surface area contributed by atoms with Crippen molar-refractivity contribution in [3.05, 3.63) is 6.79 Å². The van der Waals surface area contributed by atoms with Gasteiger partial charge in [0, 0.05) is 0 Å². The maximum absolute atomic E-state index is 5.10. The Labute approximate surface area is 69.9 Å². The van der Waals surface area contributed by atoms with E-state index in [-0.39, 0.29) is 0 Å². The van der Waals surface area contributed by atoms with Crippen molar-refractivity contribution < 1.29 is 9.47 Å². The van der Waals surface area contributed by atoms with Crippen molar-refractivity contribution in [2.75, 3.05) is 13.2 Å². The zero-order valence-electron chi connectivity index (χ0n) is 7.96. The Hall–Kier alpha value is -0.0800. The summed E-state index contributed by atoms with van der Waals surface area (Å²) in [5.41, 5.74) is 0. The van der Waals surface area contributed by atoms with E-state index in [1.807, 2.05) is 0 Å². The van der Waals surface area contributed by atoms with Crippen molar-refractivity contribution in [3.8, 4) is 0 Å². The summed E-state index contributed by atoms with van der Waals surface area (Å²) in [5, 5.41) is 0. The van der Waals surface area contributed by atoms with Crippen LogP contribution in [-0.2, 0) is 9.47 Å². The molecule has 0 saturated heterocycles. The minimum Gasteiger partial charge on any atom is -0.348 e. The lowest BCUT2D eigenvalue weighted by atomic mass is 10.2. The second-order valence-electron chi connectivity index (χ2n) is 3.55. The molecule has 0 aromatic heterocycles. The summed E-state index contributed by atoms with van der Waals surface area (Å²) in [6.45, 7) is 11.3. The van der Waals surface area contributed by atoms with Gasteiger partial charge in [0.1, 0.15) is 0 Å². The van der Waals surface area contributed by atoms with Gasteiger partial charge in [-0.15, -0.1) is 0 Å². The number of hydrogen-bond acceptors (Lipinski definition) is 2. The molecule has 0 spiro atoms. The summed E-state index contributed by atoms with van der Waals surface area (Å²) >= 11 is 0. The van der Waals surface area contributed by atoms with Crippen LogP contribution in [0.5, 0.6) is 0 Å². The van der Waals surface area contributed by atoms with E-state index in [9.17, 15) is 0 Å². The van der Waals surface area contributed by atoms with E-state index in [1.54, 1.807) is 0 Å². The fraction of sp³-hybridized carbons (Fsp3) is 0.889. The smallest absolute Gasteiger partial charge is 0.209 e. The predicted octanol–water partition coefficient (Wildman–Crippen LogP) is 2.45. The third-order valence-electron chi connectivity index (χ3n) is 0.995. The highest BCUT2D eigenvalue weighted by molar-refractivity contribution is 4.43. The van der Waals surface area contributed by atoms with Crippen LogP contribution in [0.2, 0.25) is 0 Å². The van der Waals surface area contributed by atoms with Gasteiger partial charge >= 0.3 is 0 Å². The van der Waals surface area contributed by atoms with Gasteiger partial charge in [0.15, 0.2) is 0 Å². The van der Waals surface area contributed by atoms with Crippen molar-refractivity contribution in [2.45, 2.75) is 27.7 Å². The van der Waals surface area contributed by atoms with Crippen LogP contribution in [0.4, 0.5) is 0 Å². The first-order valence-electron chi connectivity index (χ1n) is 4.17. The van der Waals surface area contributed by atoms with E-state index in [2.05, 4.69) is 27.7 Å². The minimum atomic E-state index is 0.564. The second-order valence-corrected chi connectivity index (χ2v) is 3.55. The molecule has 0 heterocycles. The standard InChI is InChI=1S/C9H19O2/c1-8(2)5-10-7-11-6-9(3)4/h7-9H,5-6H2,1-4H3. The highest BCUT2D eigenvalue weighted by atomic mass is 16.7. The van der Waals surface area contributed by atoms with Gasteiger partial charge in [-0.1, -0.05) is 27.7 Å². The molecule has 0 fully saturated rings. The zero-order valence-corrected chi connectivity index (χ0v) is 7.96. The average Bonchev–Trinajstić information content (AvgIpc) is 1.85. The first kappa shape index (κ1) is 10.9. The van der Waals surface area contributed by atoms with Crippen molar-refractivity contribution in [1.29, 1.82) is 0 Å². The normalized spacial score (nSPS) is 11.5. The van der Waals surface area contributed by atoms with Crippen LogP contribution < -0.4 is 0 Å². The lowest BCUT2D eigenvalue weighted by Gasteiger charge is -2.07. The van der Waals surface area contributed by atoms with Gasteiger partial charge < -0.3 is 9.47 Å². The Balaban J connectivity index is 2.91. The zero-order chi connectivity index (χ0) is 8.69. The van der Waals surface area contributed by atoms with Crippen LogP contribution in [0, 0.1) is 18.6 Å². The predicted molar refractivity (Wildman–Crippen MR) is 45.9 cm³/mol. The molecule has 0 aromatic carbocycles. The maximum Gasteiger partial charge on any atom is 0.209 e. The summed E-state index contributed by atoms with van der Waals surface area (Å²) < 4.78 is 10.2. The molecule has 0 saturated carbocycles. The van der Waals surface area contributed by atoms with E-state index in [4.69, 9.17) is 9.47 Å². The van der Waals surface area contributed by atoms with Gasteiger partial charge in [-0.25, -0.2) is 0 Å². The van der Waals surface area contributed by atoms with E-state index in [1.165, 1.54) is 6.79 Å². The molecule has 0 N–H and O–H groups in total. The molecule has 0 rings (SSSR count). The second kappa shape index (κ2) is 6.62. The highest BCUT2D eigenvalue weighted by Crippen LogP contribution is 1.98. The summed E-state index contributed by atoms with van der Waals surface area (Å²) in [5.74, 6) is 1.13. The fourth-order valence-electron chi connectivity index (χ4n) is 0.512. The van der Waals surface area contributed by atoms with Crippen LogP contribution in [0.1, 0.15) is 27.7 Å². The maximum atomic E-state index is 5.10. The van der Waals surface area contributed by atoms with Crippen LogP contribution in [0.3, 0.4) is 0 Å². The SMILES string of the molecule is CC(C)CO[CH]OCC(C)C. The molecule has 0 aromatic rings. The lowest BCUT2D eigenvalue weighted by Crippen LogP contribution is -2.05. The molecule has 2 heteroatoms. The molecule has 11 heavy (non-hydrogen) atoms. The van der Waals surface area contributed by atoms with E-state index in [0.29, 0.717) is 11.8 Å². The van der Waals surface area contributed by atoms with Gasteiger partial charge in [-0.3, -0.25) is 0 Å². The topological polar surface area (TPSA) is 18.5 Å². The van der Waals surface area contributed by atoms with Crippen molar-refractivity contribution in [3.63, 3.8) is 0 Å². The first-order chi connectivity index (χ1) is 5.13. The summed E-state index contributed by atoms with van der Waals surface area (Å²) in [4.78, 5) is 0. The Morgan fingerprint density at radius 1 is 0.909 bits per heavy atom. The molecule has 0 atom stereocenters. The van der Waals surface area contributed by atoms with Gasteiger partial charge in [-0.2, -0.15) is 0 Å². The van der Waals surface area contributed by atoms with E-state index < -0.39 is 0 Å². The first-order valence-corrected chi connectivity index (χ1v) is 4.17. The van der Waals surface area contributed by atoms with Crippen molar-refractivity contribution >= 4 is 0 Å². The molecular weight excluding hydrogens is 140 g/mol. The van der Waals surface area contributed by atoms with Crippen molar-refractivity contribution in [1.82, 2.24) is 0 Å². The monoisotopic (exact) mass is 159 g/mol. The molecule has 2 nitrogen and oxygen atoms in total. The summed E-state index contributed by atoms with van der Waals surface area (Å²) in [6.07, 6.45) is 0. The molecule has 67 valence electrons. The fourth-order valence-corrected chi connectivity index (χ4v) is 0.512. The number of hydrogen-bond donors (Lipinski definition) is 0. The molecule has 0 bridgehead atoms. The van der Waals surface area contributed by atoms with Crippen LogP contribution in [-0.4, -0.2) is 13.2 Å². The quantitative estimate of drug-likeness (QED) is 0.554. The summed E-state index contributed by atoms with van der Waals surface area (Å²) in [6, 6.07) is 0. The molecule has 0 amide bonds. The molecule has 0 aliphatic carbocycles. The van der Waals surface area contributed by atoms with Crippen molar-refractivity contribution in [2.24, 2.45) is 11.8 Å². The Kier molecular flexibility index (Phi) is 6.57. The van der Waals surface area contributed by atoms with E-state index in [0.717, 1.165) is 13.2 Å². The lowest BCUT2D eigenvalue weighted by molar-refractivity contribution is 0.00160. The molecule has 0 aliphatic rings. The van der Waals surface area contributed by atoms with Crippen LogP contribution >= 0.6 is 0 Å². The average molecular weight is 159 g/mol. The van der Waals surface area contributed by atoms with Crippen LogP contribution in [0.25, 0.3) is 0 Å². The molecular formula is C9H19O2. The largest absolute Gasteiger partial charge is 0.348 e. The van der Waals surface area contributed by atoms with Gasteiger partial charge in [0.25, 0.3) is 0 Å². The van der Waals surface area contributed by atoms with Gasteiger partial charge in [0.2, 0.25) is 6.79 Å². The minimum absolute atomic E-state index is 0.564. The summed E-state index contributed by atoms with van der Waals surface area (Å²) in [7, 11) is 0. The molecule has 0 unspecified atom stereocenters. The Morgan fingerprint density at radius 2 is 1.27 bits per heavy atom. The van der Waals surface area contributed by atoms with Gasteiger partial charge in [-0.05, 0) is 11.8 Å².